The van der Waals surface area contributed by atoms with E-state index in [0.29, 0.717) is 13.0 Å². The Hall–Kier alpha value is -0.820. The molecule has 1 fully saturated rings. The number of sulfone groups is 1. The average Bonchev–Trinajstić information content (AvgIpc) is 2.25. The Morgan fingerprint density at radius 1 is 1.53 bits per heavy atom. The highest BCUT2D eigenvalue weighted by atomic mass is 32.2. The van der Waals surface area contributed by atoms with E-state index in [1.165, 1.54) is 0 Å². The Balaban J connectivity index is 2.25. The van der Waals surface area contributed by atoms with Crippen LogP contribution in [0.4, 0.5) is 0 Å². The maximum absolute atomic E-state index is 11.4. The van der Waals surface area contributed by atoms with Crippen LogP contribution in [0.2, 0.25) is 0 Å². The molecule has 1 saturated heterocycles. The fraction of sp³-hybridized carbons (Fsp3) is 0.900. The van der Waals surface area contributed by atoms with Crippen molar-refractivity contribution < 1.29 is 13.6 Å². The second kappa shape index (κ2) is 6.20. The van der Waals surface area contributed by atoms with Crippen LogP contribution >= 0.6 is 0 Å². The lowest BCUT2D eigenvalue weighted by atomic mass is 10.2. The summed E-state index contributed by atoms with van der Waals surface area (Å²) in [4.78, 5) is 2.19. The van der Waals surface area contributed by atoms with Gasteiger partial charge in [0.1, 0.15) is 5.84 Å². The van der Waals surface area contributed by atoms with Crippen LogP contribution in [0.1, 0.15) is 26.2 Å². The fourth-order valence-corrected chi connectivity index (χ4v) is 3.66. The molecule has 3 N–H and O–H groups in total. The van der Waals surface area contributed by atoms with E-state index >= 15 is 0 Å². The van der Waals surface area contributed by atoms with Crippen molar-refractivity contribution in [1.29, 1.82) is 0 Å². The van der Waals surface area contributed by atoms with Crippen LogP contribution in [0, 0.1) is 0 Å². The van der Waals surface area contributed by atoms with Crippen molar-refractivity contribution in [3.63, 3.8) is 0 Å². The lowest BCUT2D eigenvalue weighted by Crippen LogP contribution is -2.47. The molecule has 1 aliphatic rings. The highest BCUT2D eigenvalue weighted by molar-refractivity contribution is 7.91. The minimum atomic E-state index is -2.83. The van der Waals surface area contributed by atoms with Crippen molar-refractivity contribution >= 4 is 15.7 Å². The second-order valence-electron chi connectivity index (χ2n) is 4.55. The third-order valence-electron chi connectivity index (χ3n) is 3.06. The molecule has 0 amide bonds. The Morgan fingerprint density at radius 2 is 2.24 bits per heavy atom. The summed E-state index contributed by atoms with van der Waals surface area (Å²) in [7, 11) is -2.83. The van der Waals surface area contributed by atoms with E-state index in [4.69, 9.17) is 10.9 Å². The SMILES string of the molecule is CC1CS(=O)(=O)CCN1CCCCC(N)=NO. The summed E-state index contributed by atoms with van der Waals surface area (Å²) in [6, 6.07) is 0.0950. The Morgan fingerprint density at radius 3 is 2.82 bits per heavy atom. The smallest absolute Gasteiger partial charge is 0.153 e. The zero-order valence-electron chi connectivity index (χ0n) is 10.2. The van der Waals surface area contributed by atoms with E-state index in [2.05, 4.69) is 10.1 Å². The lowest BCUT2D eigenvalue weighted by Gasteiger charge is -2.32. The van der Waals surface area contributed by atoms with Crippen molar-refractivity contribution in [2.75, 3.05) is 24.6 Å². The molecule has 0 aromatic carbocycles. The maximum atomic E-state index is 11.4. The summed E-state index contributed by atoms with van der Waals surface area (Å²) in [5, 5.41) is 11.3. The molecule has 0 bridgehead atoms. The molecule has 0 saturated carbocycles. The zero-order valence-corrected chi connectivity index (χ0v) is 11.0. The van der Waals surface area contributed by atoms with Gasteiger partial charge in [-0.25, -0.2) is 8.42 Å². The van der Waals surface area contributed by atoms with Gasteiger partial charge in [0.15, 0.2) is 9.84 Å². The average molecular weight is 263 g/mol. The summed E-state index contributed by atoms with van der Waals surface area (Å²) in [5.41, 5.74) is 5.36. The van der Waals surface area contributed by atoms with E-state index < -0.39 is 9.84 Å². The Kier molecular flexibility index (Phi) is 5.20. The molecule has 1 unspecified atom stereocenters. The van der Waals surface area contributed by atoms with Crippen molar-refractivity contribution in [3.8, 4) is 0 Å². The first kappa shape index (κ1) is 14.2. The quantitative estimate of drug-likeness (QED) is 0.240. The third-order valence-corrected chi connectivity index (χ3v) is 4.86. The van der Waals surface area contributed by atoms with Gasteiger partial charge in [0, 0.05) is 19.0 Å². The number of hydrogen-bond acceptors (Lipinski definition) is 5. The van der Waals surface area contributed by atoms with Crippen molar-refractivity contribution in [2.24, 2.45) is 10.9 Å². The largest absolute Gasteiger partial charge is 0.409 e. The minimum absolute atomic E-state index is 0.0950. The number of nitrogens with two attached hydrogens (primary N) is 1. The molecular formula is C10H21N3O3S. The molecule has 7 heteroatoms. The number of rotatable bonds is 5. The van der Waals surface area contributed by atoms with Crippen LogP contribution in [0.5, 0.6) is 0 Å². The summed E-state index contributed by atoms with van der Waals surface area (Å²) in [6.45, 7) is 3.43. The van der Waals surface area contributed by atoms with Gasteiger partial charge < -0.3 is 10.9 Å². The van der Waals surface area contributed by atoms with Gasteiger partial charge in [-0.2, -0.15) is 0 Å². The minimum Gasteiger partial charge on any atom is -0.409 e. The first-order valence-electron chi connectivity index (χ1n) is 5.85. The summed E-state index contributed by atoms with van der Waals surface area (Å²) in [6.07, 6.45) is 2.36. The van der Waals surface area contributed by atoms with Gasteiger partial charge in [-0.05, 0) is 26.3 Å². The van der Waals surface area contributed by atoms with Gasteiger partial charge in [0.05, 0.1) is 11.5 Å². The first-order chi connectivity index (χ1) is 7.94. The second-order valence-corrected chi connectivity index (χ2v) is 6.78. The van der Waals surface area contributed by atoms with Crippen LogP contribution in [-0.4, -0.2) is 55.0 Å². The van der Waals surface area contributed by atoms with Crippen LogP contribution in [0.3, 0.4) is 0 Å². The molecule has 6 nitrogen and oxygen atoms in total. The van der Waals surface area contributed by atoms with Crippen LogP contribution in [-0.2, 0) is 9.84 Å². The van der Waals surface area contributed by atoms with Crippen LogP contribution in [0.15, 0.2) is 5.16 Å². The number of amidine groups is 1. The summed E-state index contributed by atoms with van der Waals surface area (Å²) >= 11 is 0. The van der Waals surface area contributed by atoms with E-state index in [0.717, 1.165) is 19.4 Å². The molecule has 0 aromatic rings. The highest BCUT2D eigenvalue weighted by Crippen LogP contribution is 2.12. The zero-order chi connectivity index (χ0) is 12.9. The number of unbranched alkanes of at least 4 members (excludes halogenated alkanes) is 1. The predicted octanol–water partition coefficient (Wildman–Crippen LogP) is 0.0220. The molecule has 0 radical (unpaired) electrons. The fourth-order valence-electron chi connectivity index (χ4n) is 2.04. The van der Waals surface area contributed by atoms with E-state index in [9.17, 15) is 8.42 Å². The van der Waals surface area contributed by atoms with Gasteiger partial charge in [-0.3, -0.25) is 4.90 Å². The summed E-state index contributed by atoms with van der Waals surface area (Å²) in [5.74, 6) is 0.768. The molecular weight excluding hydrogens is 242 g/mol. The Labute approximate surface area is 102 Å². The van der Waals surface area contributed by atoms with Gasteiger partial charge in [0.2, 0.25) is 0 Å². The molecule has 0 aromatic heterocycles. The molecule has 1 heterocycles. The van der Waals surface area contributed by atoms with Gasteiger partial charge in [0.25, 0.3) is 0 Å². The van der Waals surface area contributed by atoms with Crippen molar-refractivity contribution in [3.05, 3.63) is 0 Å². The normalized spacial score (nSPS) is 25.9. The standard InChI is InChI=1S/C10H21N3O3S/c1-9-8-17(15,16)7-6-13(9)5-3-2-4-10(11)12-14/h9,14H,2-8H2,1H3,(H2,11,12). The van der Waals surface area contributed by atoms with E-state index in [1.807, 2.05) is 6.92 Å². The van der Waals surface area contributed by atoms with Gasteiger partial charge in [-0.15, -0.1) is 0 Å². The maximum Gasteiger partial charge on any atom is 0.153 e. The predicted molar refractivity (Wildman–Crippen MR) is 66.9 cm³/mol. The topological polar surface area (TPSA) is 96.0 Å². The van der Waals surface area contributed by atoms with E-state index in [-0.39, 0.29) is 23.4 Å². The van der Waals surface area contributed by atoms with E-state index in [1.54, 1.807) is 0 Å². The highest BCUT2D eigenvalue weighted by Gasteiger charge is 2.27. The molecule has 0 aliphatic carbocycles. The first-order valence-corrected chi connectivity index (χ1v) is 7.67. The molecule has 1 rings (SSSR count). The Bertz CT molecular complexity index is 367. The molecule has 1 aliphatic heterocycles. The lowest BCUT2D eigenvalue weighted by molar-refractivity contribution is 0.223. The number of hydrogen-bond donors (Lipinski definition) is 2. The molecule has 100 valence electrons. The van der Waals surface area contributed by atoms with Crippen LogP contribution < -0.4 is 5.73 Å². The third kappa shape index (κ3) is 4.91. The molecule has 1 atom stereocenters. The monoisotopic (exact) mass is 263 g/mol. The molecule has 0 spiro atoms. The summed E-state index contributed by atoms with van der Waals surface area (Å²) < 4.78 is 22.8. The number of nitrogens with zero attached hydrogens (tertiary/aromatic N) is 2. The molecule has 17 heavy (non-hydrogen) atoms. The van der Waals surface area contributed by atoms with Gasteiger partial charge in [-0.1, -0.05) is 5.16 Å². The van der Waals surface area contributed by atoms with Crippen molar-refractivity contribution in [2.45, 2.75) is 32.2 Å². The van der Waals surface area contributed by atoms with Crippen molar-refractivity contribution in [1.82, 2.24) is 4.90 Å². The number of oxime groups is 1. The van der Waals surface area contributed by atoms with Gasteiger partial charge >= 0.3 is 0 Å². The van der Waals surface area contributed by atoms with Crippen LogP contribution in [0.25, 0.3) is 0 Å².